The van der Waals surface area contributed by atoms with Crippen molar-refractivity contribution in [2.75, 3.05) is 19.1 Å². The lowest BCUT2D eigenvalue weighted by Crippen LogP contribution is -2.42. The largest absolute Gasteiger partial charge is 0.496 e. The Morgan fingerprint density at radius 1 is 1.09 bits per heavy atom. The normalized spacial score (nSPS) is 13.0. The molecule has 2 amide bonds. The molecule has 3 aromatic rings. The Bertz CT molecular complexity index is 1320. The van der Waals surface area contributed by atoms with Crippen molar-refractivity contribution in [2.24, 2.45) is 0 Å². The van der Waals surface area contributed by atoms with E-state index in [0.717, 1.165) is 22.3 Å². The number of carbonyl (C=O) groups is 3. The first-order valence-corrected chi connectivity index (χ1v) is 10.7. The zero-order valence-electron chi connectivity index (χ0n) is 17.9. The van der Waals surface area contributed by atoms with Crippen molar-refractivity contribution in [2.45, 2.75) is 13.0 Å². The van der Waals surface area contributed by atoms with E-state index >= 15 is 0 Å². The second-order valence-corrected chi connectivity index (χ2v) is 8.03. The number of benzene rings is 2. The highest BCUT2D eigenvalue weighted by atomic mass is 32.1. The first-order valence-electron chi connectivity index (χ1n) is 9.79. The fraction of sp³-hybridized carbons (Fsp3) is 0.174. The number of ether oxygens (including phenoxy) is 3. The first kappa shape index (κ1) is 23.2. The minimum atomic E-state index is -1.27. The quantitative estimate of drug-likeness (QED) is 0.500. The Morgan fingerprint density at radius 3 is 2.47 bits per heavy atom. The smallest absolute Gasteiger partial charge is 0.346 e. The Morgan fingerprint density at radius 2 is 1.79 bits per heavy atom. The molecule has 0 unspecified atom stereocenters. The lowest BCUT2D eigenvalue weighted by molar-refractivity contribution is -0.117. The number of imide groups is 1. The molecule has 0 saturated carbocycles. The second-order valence-electron chi connectivity index (χ2n) is 7.15. The minimum absolute atomic E-state index is 0.0399. The molecule has 8 nitrogen and oxygen atoms in total. The minimum Gasteiger partial charge on any atom is -0.496 e. The van der Waals surface area contributed by atoms with Crippen LogP contribution in [-0.4, -0.2) is 37.1 Å². The van der Waals surface area contributed by atoms with Gasteiger partial charge in [-0.2, -0.15) is 0 Å². The van der Waals surface area contributed by atoms with E-state index < -0.39 is 36.0 Å². The summed E-state index contributed by atoms with van der Waals surface area (Å²) in [5, 5.41) is 10.9. The van der Waals surface area contributed by atoms with Gasteiger partial charge in [0, 0.05) is 6.07 Å². The summed E-state index contributed by atoms with van der Waals surface area (Å²) in [4.78, 5) is 38.1. The Hall–Kier alpha value is -3.99. The molecule has 1 aliphatic rings. The summed E-state index contributed by atoms with van der Waals surface area (Å²) in [5.41, 5.74) is 0.244. The molecular formula is C23H17F2NO7S. The SMILES string of the molecule is COc1ccc(N2C(=O)Cc3csc(C(=O)O)c3C2=O)cc1OCc1c(OC)ccc(F)c1F. The van der Waals surface area contributed by atoms with Crippen LogP contribution in [0.4, 0.5) is 14.5 Å². The molecule has 0 atom stereocenters. The maximum absolute atomic E-state index is 14.3. The van der Waals surface area contributed by atoms with Crippen molar-refractivity contribution in [1.82, 2.24) is 0 Å². The number of nitrogens with zero attached hydrogens (tertiary/aromatic N) is 1. The monoisotopic (exact) mass is 489 g/mol. The molecule has 0 radical (unpaired) electrons. The van der Waals surface area contributed by atoms with E-state index in [9.17, 15) is 28.3 Å². The number of hydrogen-bond acceptors (Lipinski definition) is 7. The van der Waals surface area contributed by atoms with E-state index in [0.29, 0.717) is 5.56 Å². The summed E-state index contributed by atoms with van der Waals surface area (Å²) in [6.07, 6.45) is -0.154. The van der Waals surface area contributed by atoms with Crippen molar-refractivity contribution in [3.05, 3.63) is 68.9 Å². The van der Waals surface area contributed by atoms with E-state index in [4.69, 9.17) is 14.2 Å². The molecular weight excluding hydrogens is 472 g/mol. The van der Waals surface area contributed by atoms with Crippen LogP contribution in [0.5, 0.6) is 17.2 Å². The van der Waals surface area contributed by atoms with Gasteiger partial charge >= 0.3 is 5.97 Å². The molecule has 1 aromatic heterocycles. The Balaban J connectivity index is 1.69. The third kappa shape index (κ3) is 3.94. The zero-order chi connectivity index (χ0) is 24.6. The number of rotatable bonds is 7. The number of fused-ring (bicyclic) bond motifs is 1. The highest BCUT2D eigenvalue weighted by Crippen LogP contribution is 2.37. The molecule has 2 heterocycles. The third-order valence-electron chi connectivity index (χ3n) is 5.22. The molecule has 0 spiro atoms. The van der Waals surface area contributed by atoms with Crippen molar-refractivity contribution >= 4 is 34.8 Å². The van der Waals surface area contributed by atoms with Crippen molar-refractivity contribution in [3.8, 4) is 17.2 Å². The molecule has 4 rings (SSSR count). The number of amides is 2. The van der Waals surface area contributed by atoms with E-state index in [-0.39, 0.29) is 45.4 Å². The standard InChI is InChI=1S/C23H17F2NO7S/c1-31-15-6-4-14(24)20(25)13(15)9-33-17-8-12(3-5-16(17)32-2)26-18(27)7-11-10-34-21(23(29)30)19(11)22(26)28/h3-6,8,10H,7,9H2,1-2H3,(H,29,30). The number of aromatic carboxylic acids is 1. The maximum Gasteiger partial charge on any atom is 0.346 e. The van der Waals surface area contributed by atoms with Crippen LogP contribution >= 0.6 is 11.3 Å². The lowest BCUT2D eigenvalue weighted by Gasteiger charge is -2.26. The summed E-state index contributed by atoms with van der Waals surface area (Å²) in [5.74, 6) is -4.49. The molecule has 0 saturated heterocycles. The van der Waals surface area contributed by atoms with Crippen LogP contribution in [0.2, 0.25) is 0 Å². The molecule has 34 heavy (non-hydrogen) atoms. The molecule has 176 valence electrons. The number of anilines is 1. The molecule has 0 fully saturated rings. The summed E-state index contributed by atoms with van der Waals surface area (Å²) in [6.45, 7) is -0.438. The van der Waals surface area contributed by atoms with Crippen LogP contribution in [0.25, 0.3) is 0 Å². The van der Waals surface area contributed by atoms with E-state index in [1.165, 1.54) is 43.9 Å². The second kappa shape index (κ2) is 9.10. The van der Waals surface area contributed by atoms with Gasteiger partial charge < -0.3 is 19.3 Å². The van der Waals surface area contributed by atoms with Gasteiger partial charge in [0.05, 0.1) is 37.5 Å². The van der Waals surface area contributed by atoms with Crippen molar-refractivity contribution in [3.63, 3.8) is 0 Å². The van der Waals surface area contributed by atoms with E-state index in [1.807, 2.05) is 0 Å². The number of carboxylic acids is 1. The molecule has 11 heteroatoms. The van der Waals surface area contributed by atoms with Gasteiger partial charge in [-0.1, -0.05) is 0 Å². The van der Waals surface area contributed by atoms with Crippen LogP contribution in [-0.2, 0) is 17.8 Å². The summed E-state index contributed by atoms with van der Waals surface area (Å²) in [7, 11) is 2.66. The van der Waals surface area contributed by atoms with Gasteiger partial charge in [-0.15, -0.1) is 11.3 Å². The van der Waals surface area contributed by atoms with Gasteiger partial charge in [-0.05, 0) is 35.2 Å². The van der Waals surface area contributed by atoms with Crippen LogP contribution in [0.3, 0.4) is 0 Å². The van der Waals surface area contributed by atoms with Crippen LogP contribution < -0.4 is 19.1 Å². The van der Waals surface area contributed by atoms with Gasteiger partial charge in [-0.3, -0.25) is 9.59 Å². The summed E-state index contributed by atoms with van der Waals surface area (Å²) >= 11 is 0.875. The Kier molecular flexibility index (Phi) is 6.20. The fourth-order valence-corrected chi connectivity index (χ4v) is 4.51. The first-order chi connectivity index (χ1) is 16.3. The molecule has 1 N–H and O–H groups in total. The van der Waals surface area contributed by atoms with E-state index in [2.05, 4.69) is 0 Å². The van der Waals surface area contributed by atoms with Crippen molar-refractivity contribution in [1.29, 1.82) is 0 Å². The highest BCUT2D eigenvalue weighted by Gasteiger charge is 2.37. The van der Waals surface area contributed by atoms with Crippen LogP contribution in [0, 0.1) is 11.6 Å². The highest BCUT2D eigenvalue weighted by molar-refractivity contribution is 7.12. The van der Waals surface area contributed by atoms with Gasteiger partial charge in [-0.25, -0.2) is 18.5 Å². The predicted molar refractivity (Wildman–Crippen MR) is 117 cm³/mol. The average molecular weight is 489 g/mol. The van der Waals surface area contributed by atoms with Gasteiger partial charge in [0.15, 0.2) is 23.1 Å². The number of thiophene rings is 1. The van der Waals surface area contributed by atoms with Crippen LogP contribution in [0.1, 0.15) is 31.2 Å². The molecule has 1 aliphatic heterocycles. The number of halogens is 2. The summed E-state index contributed by atoms with van der Waals surface area (Å²) in [6, 6.07) is 6.38. The van der Waals surface area contributed by atoms with Gasteiger partial charge in [0.1, 0.15) is 17.2 Å². The van der Waals surface area contributed by atoms with Gasteiger partial charge in [0.25, 0.3) is 5.91 Å². The number of methoxy groups -OCH3 is 2. The average Bonchev–Trinajstić information content (AvgIpc) is 3.24. The predicted octanol–water partition coefficient (Wildman–Crippen LogP) is 4.05. The lowest BCUT2D eigenvalue weighted by atomic mass is 10.0. The number of carbonyl (C=O) groups excluding carboxylic acids is 2. The topological polar surface area (TPSA) is 102 Å². The Labute approximate surface area is 195 Å². The molecule has 0 aliphatic carbocycles. The molecule has 0 bridgehead atoms. The number of carboxylic acid groups (broad SMARTS) is 1. The number of hydrogen-bond donors (Lipinski definition) is 1. The summed E-state index contributed by atoms with van der Waals surface area (Å²) < 4.78 is 44.0. The van der Waals surface area contributed by atoms with Crippen molar-refractivity contribution < 1.29 is 42.5 Å². The van der Waals surface area contributed by atoms with Crippen LogP contribution in [0.15, 0.2) is 35.7 Å². The molecule has 2 aromatic carbocycles. The fourth-order valence-electron chi connectivity index (χ4n) is 3.61. The van der Waals surface area contributed by atoms with Gasteiger partial charge in [0.2, 0.25) is 5.91 Å². The third-order valence-corrected chi connectivity index (χ3v) is 6.24. The maximum atomic E-state index is 14.3. The van der Waals surface area contributed by atoms with E-state index in [1.54, 1.807) is 0 Å². The zero-order valence-corrected chi connectivity index (χ0v) is 18.7.